The Labute approximate surface area is 237 Å². The third kappa shape index (κ3) is 5.76. The van der Waals surface area contributed by atoms with E-state index < -0.39 is 0 Å². The summed E-state index contributed by atoms with van der Waals surface area (Å²) in [7, 11) is 0. The van der Waals surface area contributed by atoms with E-state index in [1.807, 2.05) is 0 Å². The lowest BCUT2D eigenvalue weighted by atomic mass is 9.67. The van der Waals surface area contributed by atoms with Gasteiger partial charge in [-0.3, -0.25) is 0 Å². The molecule has 1 aliphatic rings. The Kier molecular flexibility index (Phi) is 9.36. The van der Waals surface area contributed by atoms with Gasteiger partial charge in [0.25, 0.3) is 0 Å². The number of fused-ring (bicyclic) bond motifs is 3. The van der Waals surface area contributed by atoms with E-state index in [0.717, 1.165) is 0 Å². The van der Waals surface area contributed by atoms with Crippen LogP contribution in [0, 0.1) is 0 Å². The molecule has 0 spiro atoms. The van der Waals surface area contributed by atoms with Gasteiger partial charge in [-0.15, -0.1) is 0 Å². The third-order valence-corrected chi connectivity index (χ3v) is 8.86. The number of hydrogen-bond donors (Lipinski definition) is 0. The molecular formula is C39H46. The molecule has 0 heteroatoms. The van der Waals surface area contributed by atoms with Crippen LogP contribution < -0.4 is 0 Å². The average molecular weight is 515 g/mol. The van der Waals surface area contributed by atoms with E-state index in [9.17, 15) is 0 Å². The van der Waals surface area contributed by atoms with Gasteiger partial charge in [0, 0.05) is 0 Å². The summed E-state index contributed by atoms with van der Waals surface area (Å²) >= 11 is 0. The van der Waals surface area contributed by atoms with E-state index >= 15 is 0 Å². The highest BCUT2D eigenvalue weighted by Gasteiger charge is 2.45. The van der Waals surface area contributed by atoms with Gasteiger partial charge in [0.2, 0.25) is 0 Å². The second kappa shape index (κ2) is 13.3. The van der Waals surface area contributed by atoms with E-state index in [-0.39, 0.29) is 5.41 Å². The quantitative estimate of drug-likeness (QED) is 0.129. The zero-order chi connectivity index (χ0) is 26.9. The van der Waals surface area contributed by atoms with Crippen LogP contribution in [0.2, 0.25) is 0 Å². The van der Waals surface area contributed by atoms with Crippen molar-refractivity contribution >= 4 is 0 Å². The van der Waals surface area contributed by atoms with Gasteiger partial charge < -0.3 is 0 Å². The maximum atomic E-state index is 2.42. The maximum Gasteiger partial charge on any atom is 0.0713 e. The highest BCUT2D eigenvalue weighted by molar-refractivity contribution is 5.86. The molecule has 0 heterocycles. The first-order chi connectivity index (χ1) is 19.3. The minimum absolute atomic E-state index is 0.285. The second-order valence-electron chi connectivity index (χ2n) is 11.6. The number of rotatable bonds is 14. The molecule has 0 bridgehead atoms. The van der Waals surface area contributed by atoms with Crippen molar-refractivity contribution in [3.63, 3.8) is 0 Å². The van der Waals surface area contributed by atoms with E-state index in [1.54, 1.807) is 0 Å². The second-order valence-corrected chi connectivity index (χ2v) is 11.6. The van der Waals surface area contributed by atoms with Crippen molar-refractivity contribution in [3.05, 3.63) is 130 Å². The van der Waals surface area contributed by atoms with E-state index in [1.165, 1.54) is 122 Å². The SMILES string of the molecule is CCCCCCCc1ccc(C2(c3ccc(CCCCCCC)cc3)c3ccccc3-c3ccccc32)cc1. The lowest BCUT2D eigenvalue weighted by Crippen LogP contribution is -2.28. The Bertz CT molecular complexity index is 1200. The molecule has 0 fully saturated rings. The van der Waals surface area contributed by atoms with Crippen molar-refractivity contribution in [1.29, 1.82) is 0 Å². The molecule has 39 heavy (non-hydrogen) atoms. The number of unbranched alkanes of at least 4 members (excludes halogenated alkanes) is 8. The molecule has 0 atom stereocenters. The van der Waals surface area contributed by atoms with Gasteiger partial charge in [-0.05, 0) is 70.2 Å². The molecule has 0 radical (unpaired) electrons. The fourth-order valence-corrected chi connectivity index (χ4v) is 6.73. The maximum absolute atomic E-state index is 2.42. The molecule has 0 saturated carbocycles. The van der Waals surface area contributed by atoms with Gasteiger partial charge in [-0.2, -0.15) is 0 Å². The Morgan fingerprint density at radius 2 is 0.795 bits per heavy atom. The van der Waals surface area contributed by atoms with Gasteiger partial charge in [0.15, 0.2) is 0 Å². The zero-order valence-electron chi connectivity index (χ0n) is 24.2. The molecule has 0 unspecified atom stereocenters. The molecule has 1 aliphatic carbocycles. The Morgan fingerprint density at radius 3 is 1.21 bits per heavy atom. The molecule has 0 aliphatic heterocycles. The van der Waals surface area contributed by atoms with Gasteiger partial charge in [-0.1, -0.05) is 162 Å². The molecule has 4 aromatic rings. The normalized spacial score (nSPS) is 13.3. The summed E-state index contributed by atoms with van der Waals surface area (Å²) < 4.78 is 0. The van der Waals surface area contributed by atoms with E-state index in [0.29, 0.717) is 0 Å². The first-order valence-electron chi connectivity index (χ1n) is 15.7. The van der Waals surface area contributed by atoms with Gasteiger partial charge in [-0.25, -0.2) is 0 Å². The van der Waals surface area contributed by atoms with Crippen LogP contribution in [0.5, 0.6) is 0 Å². The van der Waals surface area contributed by atoms with Crippen molar-refractivity contribution in [2.45, 2.75) is 96.3 Å². The molecule has 0 amide bonds. The fraction of sp³-hybridized carbons (Fsp3) is 0.385. The molecule has 0 nitrogen and oxygen atoms in total. The number of benzene rings is 4. The molecule has 4 aromatic carbocycles. The summed E-state index contributed by atoms with van der Waals surface area (Å²) in [6.07, 6.45) is 15.7. The number of aryl methyl sites for hydroxylation is 2. The van der Waals surface area contributed by atoms with Crippen LogP contribution in [-0.4, -0.2) is 0 Å². The topological polar surface area (TPSA) is 0 Å². The summed E-state index contributed by atoms with van der Waals surface area (Å²) in [4.78, 5) is 0. The molecular weight excluding hydrogens is 468 g/mol. The van der Waals surface area contributed by atoms with Crippen LogP contribution in [0.3, 0.4) is 0 Å². The molecule has 0 aromatic heterocycles. The highest BCUT2D eigenvalue weighted by atomic mass is 14.5. The monoisotopic (exact) mass is 514 g/mol. The molecule has 5 rings (SSSR count). The van der Waals surface area contributed by atoms with Crippen LogP contribution in [0.4, 0.5) is 0 Å². The van der Waals surface area contributed by atoms with Crippen molar-refractivity contribution in [2.24, 2.45) is 0 Å². The van der Waals surface area contributed by atoms with Crippen molar-refractivity contribution in [3.8, 4) is 11.1 Å². The fourth-order valence-electron chi connectivity index (χ4n) is 6.73. The lowest BCUT2D eigenvalue weighted by molar-refractivity contribution is 0.632. The summed E-state index contributed by atoms with van der Waals surface area (Å²) in [6.45, 7) is 4.58. The van der Waals surface area contributed by atoms with Crippen LogP contribution in [0.25, 0.3) is 11.1 Å². The van der Waals surface area contributed by atoms with Crippen LogP contribution >= 0.6 is 0 Å². The van der Waals surface area contributed by atoms with E-state index in [2.05, 4.69) is 111 Å². The summed E-state index contributed by atoms with van der Waals surface area (Å²) in [5.74, 6) is 0. The Balaban J connectivity index is 1.50. The first kappa shape index (κ1) is 27.4. The minimum atomic E-state index is -0.285. The zero-order valence-corrected chi connectivity index (χ0v) is 24.2. The predicted molar refractivity (Wildman–Crippen MR) is 169 cm³/mol. The lowest BCUT2D eigenvalue weighted by Gasteiger charge is -2.34. The van der Waals surface area contributed by atoms with Crippen molar-refractivity contribution in [2.75, 3.05) is 0 Å². The van der Waals surface area contributed by atoms with Gasteiger partial charge in [0.1, 0.15) is 0 Å². The van der Waals surface area contributed by atoms with Crippen molar-refractivity contribution < 1.29 is 0 Å². The standard InChI is InChI=1S/C39H46/c1-3-5-7-9-11-17-31-23-27-33(28-24-31)39(34-29-25-32(26-30-34)18-12-10-8-6-4-2)37-21-15-13-19-35(37)36-20-14-16-22-38(36)39/h13-16,19-30H,3-12,17-18H2,1-2H3. The first-order valence-corrected chi connectivity index (χ1v) is 15.7. The largest absolute Gasteiger partial charge is 0.0713 e. The van der Waals surface area contributed by atoms with Gasteiger partial charge >= 0.3 is 0 Å². The summed E-state index contributed by atoms with van der Waals surface area (Å²) in [5.41, 5.74) is 10.9. The highest BCUT2D eigenvalue weighted by Crippen LogP contribution is 2.55. The molecule has 0 N–H and O–H groups in total. The number of hydrogen-bond acceptors (Lipinski definition) is 0. The van der Waals surface area contributed by atoms with E-state index in [4.69, 9.17) is 0 Å². The van der Waals surface area contributed by atoms with Crippen LogP contribution in [-0.2, 0) is 18.3 Å². The molecule has 0 saturated heterocycles. The van der Waals surface area contributed by atoms with Crippen LogP contribution in [0.15, 0.2) is 97.1 Å². The summed E-state index contributed by atoms with van der Waals surface area (Å²) in [6, 6.07) is 37.4. The average Bonchev–Trinajstić information content (AvgIpc) is 3.29. The predicted octanol–water partition coefficient (Wildman–Crippen LogP) is 11.1. The minimum Gasteiger partial charge on any atom is -0.0654 e. The van der Waals surface area contributed by atoms with Gasteiger partial charge in [0.05, 0.1) is 5.41 Å². The smallest absolute Gasteiger partial charge is 0.0654 e. The van der Waals surface area contributed by atoms with Crippen LogP contribution in [0.1, 0.15) is 111 Å². The Hall–Kier alpha value is -3.12. The molecule has 202 valence electrons. The Morgan fingerprint density at radius 1 is 0.410 bits per heavy atom. The third-order valence-electron chi connectivity index (χ3n) is 8.86. The van der Waals surface area contributed by atoms with Crippen molar-refractivity contribution in [1.82, 2.24) is 0 Å². The summed E-state index contributed by atoms with van der Waals surface area (Å²) in [5, 5.41) is 0.